The van der Waals surface area contributed by atoms with Crippen molar-refractivity contribution in [3.05, 3.63) is 138 Å². The van der Waals surface area contributed by atoms with Crippen molar-refractivity contribution in [1.82, 2.24) is 9.13 Å². The Morgan fingerprint density at radius 1 is 0.565 bits per heavy atom. The summed E-state index contributed by atoms with van der Waals surface area (Å²) in [5.74, 6) is 1.56. The number of aromatic nitrogens is 2. The Kier molecular flexibility index (Phi) is 6.23. The summed E-state index contributed by atoms with van der Waals surface area (Å²) < 4.78 is 15.4. The van der Waals surface area contributed by atoms with Crippen LogP contribution in [-0.4, -0.2) is 23.4 Å². The number of benzene rings is 6. The minimum Gasteiger partial charge on any atom is -0.497 e. The minimum atomic E-state index is 0.549. The summed E-state index contributed by atoms with van der Waals surface area (Å²) in [6, 6.07) is 42.8. The average Bonchev–Trinajstić information content (AvgIpc) is 3.63. The zero-order valence-electron chi connectivity index (χ0n) is 25.2. The Labute approximate surface area is 265 Å². The number of nitriles is 1. The molecule has 8 aromatic rings. The first-order valence-electron chi connectivity index (χ1n) is 14.8. The molecule has 0 spiro atoms. The standard InChI is InChI=1S/C40H26N4O2/c1-42-34-17-14-26(21-40(34)44-36-11-7-5-9-31(36)33-23-29(46-3)16-19-38(33)44)25-12-13-27(24-41)39(20-25)43-35-10-6-4-8-30(35)32-22-28(45-2)15-18-37(32)43/h4-23H,2-3H3. The van der Waals surface area contributed by atoms with E-state index in [2.05, 4.69) is 56.4 Å². The molecule has 0 fully saturated rings. The second kappa shape index (κ2) is 10.6. The highest BCUT2D eigenvalue weighted by Crippen LogP contribution is 2.40. The second-order valence-electron chi connectivity index (χ2n) is 11.1. The largest absolute Gasteiger partial charge is 0.497 e. The highest BCUT2D eigenvalue weighted by Gasteiger charge is 2.19. The van der Waals surface area contributed by atoms with E-state index in [0.29, 0.717) is 11.3 Å². The zero-order valence-corrected chi connectivity index (χ0v) is 25.2. The average molecular weight is 595 g/mol. The highest BCUT2D eigenvalue weighted by molar-refractivity contribution is 6.11. The normalized spacial score (nSPS) is 11.2. The highest BCUT2D eigenvalue weighted by atomic mass is 16.5. The third-order valence-corrected chi connectivity index (χ3v) is 8.79. The van der Waals surface area contributed by atoms with Gasteiger partial charge in [0.15, 0.2) is 0 Å². The van der Waals surface area contributed by atoms with Gasteiger partial charge in [-0.05, 0) is 77.9 Å². The van der Waals surface area contributed by atoms with Crippen LogP contribution >= 0.6 is 0 Å². The molecule has 6 aromatic carbocycles. The molecule has 2 aromatic heterocycles. The number of rotatable bonds is 5. The summed E-state index contributed by atoms with van der Waals surface area (Å²) in [5, 5.41) is 14.5. The first kappa shape index (κ1) is 27.1. The van der Waals surface area contributed by atoms with Gasteiger partial charge >= 0.3 is 0 Å². The maximum atomic E-state index is 10.3. The van der Waals surface area contributed by atoms with Crippen molar-refractivity contribution >= 4 is 49.3 Å². The van der Waals surface area contributed by atoms with E-state index in [1.807, 2.05) is 84.9 Å². The lowest BCUT2D eigenvalue weighted by atomic mass is 10.0. The molecule has 2 heterocycles. The summed E-state index contributed by atoms with van der Waals surface area (Å²) in [7, 11) is 3.34. The predicted molar refractivity (Wildman–Crippen MR) is 185 cm³/mol. The Balaban J connectivity index is 1.37. The molecule has 218 valence electrons. The fourth-order valence-corrected chi connectivity index (χ4v) is 6.64. The Morgan fingerprint density at radius 3 is 1.61 bits per heavy atom. The fraction of sp³-hybridized carbons (Fsp3) is 0.0500. The molecule has 8 rings (SSSR count). The molecular formula is C40H26N4O2. The van der Waals surface area contributed by atoms with Gasteiger partial charge in [0.1, 0.15) is 17.6 Å². The Hall–Kier alpha value is -6.50. The van der Waals surface area contributed by atoms with Crippen molar-refractivity contribution in [2.24, 2.45) is 0 Å². The molecule has 0 aliphatic rings. The number of nitrogens with zero attached hydrogens (tertiary/aromatic N) is 4. The molecule has 46 heavy (non-hydrogen) atoms. The molecule has 0 aliphatic heterocycles. The van der Waals surface area contributed by atoms with Crippen molar-refractivity contribution in [2.45, 2.75) is 0 Å². The molecule has 0 saturated heterocycles. The van der Waals surface area contributed by atoms with E-state index in [0.717, 1.165) is 77.6 Å². The van der Waals surface area contributed by atoms with Crippen LogP contribution in [0.3, 0.4) is 0 Å². The molecule has 0 radical (unpaired) electrons. The van der Waals surface area contributed by atoms with Crippen LogP contribution < -0.4 is 9.47 Å². The maximum absolute atomic E-state index is 10.3. The summed E-state index contributed by atoms with van der Waals surface area (Å²) in [5.41, 5.74) is 8.56. The number of para-hydroxylation sites is 2. The van der Waals surface area contributed by atoms with E-state index in [1.54, 1.807) is 14.2 Å². The van der Waals surface area contributed by atoms with Gasteiger partial charge in [0.2, 0.25) is 5.69 Å². The van der Waals surface area contributed by atoms with Crippen LogP contribution in [-0.2, 0) is 0 Å². The molecule has 6 heteroatoms. The summed E-state index contributed by atoms with van der Waals surface area (Å²) in [6.45, 7) is 8.05. The molecule has 0 N–H and O–H groups in total. The molecule has 0 saturated carbocycles. The summed E-state index contributed by atoms with van der Waals surface area (Å²) >= 11 is 0. The number of methoxy groups -OCH3 is 2. The van der Waals surface area contributed by atoms with E-state index >= 15 is 0 Å². The van der Waals surface area contributed by atoms with Gasteiger partial charge in [0.25, 0.3) is 0 Å². The fourth-order valence-electron chi connectivity index (χ4n) is 6.64. The molecule has 0 bridgehead atoms. The Morgan fingerprint density at radius 2 is 1.07 bits per heavy atom. The lowest BCUT2D eigenvalue weighted by molar-refractivity contribution is 0.415. The zero-order chi connectivity index (χ0) is 31.4. The van der Waals surface area contributed by atoms with Crippen LogP contribution in [0.5, 0.6) is 11.5 Å². The Bertz CT molecular complexity index is 2410. The van der Waals surface area contributed by atoms with E-state index in [-0.39, 0.29) is 0 Å². The van der Waals surface area contributed by atoms with Crippen molar-refractivity contribution in [3.63, 3.8) is 0 Å². The van der Waals surface area contributed by atoms with Crippen molar-refractivity contribution in [3.8, 4) is 40.1 Å². The minimum absolute atomic E-state index is 0.549. The third kappa shape index (κ3) is 4.02. The smallest absolute Gasteiger partial charge is 0.210 e. The van der Waals surface area contributed by atoms with Gasteiger partial charge < -0.3 is 18.6 Å². The molecular weight excluding hydrogens is 568 g/mol. The van der Waals surface area contributed by atoms with Crippen LogP contribution in [0.1, 0.15) is 5.56 Å². The quantitative estimate of drug-likeness (QED) is 0.186. The van der Waals surface area contributed by atoms with Gasteiger partial charge in [0, 0.05) is 21.5 Å². The number of hydrogen-bond donors (Lipinski definition) is 0. The van der Waals surface area contributed by atoms with Gasteiger partial charge in [-0.1, -0.05) is 54.6 Å². The summed E-state index contributed by atoms with van der Waals surface area (Å²) in [4.78, 5) is 3.92. The van der Waals surface area contributed by atoms with E-state index in [1.165, 1.54) is 0 Å². The van der Waals surface area contributed by atoms with E-state index in [4.69, 9.17) is 16.0 Å². The van der Waals surface area contributed by atoms with Crippen LogP contribution in [0.15, 0.2) is 121 Å². The van der Waals surface area contributed by atoms with Crippen LogP contribution in [0, 0.1) is 17.9 Å². The van der Waals surface area contributed by atoms with Crippen molar-refractivity contribution in [2.75, 3.05) is 14.2 Å². The first-order chi connectivity index (χ1) is 22.6. The molecule has 0 unspecified atom stereocenters. The van der Waals surface area contributed by atoms with E-state index in [9.17, 15) is 5.26 Å². The van der Waals surface area contributed by atoms with Gasteiger partial charge in [0.05, 0.1) is 59.8 Å². The van der Waals surface area contributed by atoms with Crippen LogP contribution in [0.25, 0.3) is 71.0 Å². The summed E-state index contributed by atoms with van der Waals surface area (Å²) in [6.07, 6.45) is 0. The van der Waals surface area contributed by atoms with Gasteiger partial charge in [-0.25, -0.2) is 4.85 Å². The third-order valence-electron chi connectivity index (χ3n) is 8.79. The van der Waals surface area contributed by atoms with Gasteiger partial charge in [-0.3, -0.25) is 0 Å². The lowest BCUT2D eigenvalue weighted by Gasteiger charge is -2.15. The molecule has 6 nitrogen and oxygen atoms in total. The van der Waals surface area contributed by atoms with E-state index < -0.39 is 0 Å². The predicted octanol–water partition coefficient (Wildman–Crippen LogP) is 9.99. The monoisotopic (exact) mass is 594 g/mol. The van der Waals surface area contributed by atoms with Crippen LogP contribution in [0.4, 0.5) is 5.69 Å². The molecule has 0 aliphatic carbocycles. The number of ether oxygens (including phenoxy) is 2. The van der Waals surface area contributed by atoms with Gasteiger partial charge in [-0.15, -0.1) is 0 Å². The van der Waals surface area contributed by atoms with Crippen molar-refractivity contribution in [1.29, 1.82) is 5.26 Å². The SMILES string of the molecule is [C-]#[N+]c1ccc(-c2ccc(C#N)c(-n3c4ccccc4c4cc(OC)ccc43)c2)cc1-n1c2ccccc2c2cc(OC)ccc21. The topological polar surface area (TPSA) is 56.5 Å². The van der Waals surface area contributed by atoms with Crippen molar-refractivity contribution < 1.29 is 9.47 Å². The first-order valence-corrected chi connectivity index (χ1v) is 14.8. The molecule has 0 amide bonds. The van der Waals surface area contributed by atoms with Crippen LogP contribution in [0.2, 0.25) is 0 Å². The second-order valence-corrected chi connectivity index (χ2v) is 11.1. The lowest BCUT2D eigenvalue weighted by Crippen LogP contribution is -1.99. The van der Waals surface area contributed by atoms with Gasteiger partial charge in [-0.2, -0.15) is 5.26 Å². The molecule has 0 atom stereocenters. The number of hydrogen-bond acceptors (Lipinski definition) is 3. The number of fused-ring (bicyclic) bond motifs is 6. The maximum Gasteiger partial charge on any atom is 0.210 e.